The number of hydrogen-bond donors (Lipinski definition) is 1. The highest BCUT2D eigenvalue weighted by Gasteiger charge is 2.21. The maximum atomic E-state index is 6.38. The zero-order valence-electron chi connectivity index (χ0n) is 12.6. The Hall–Kier alpha value is -1.36. The maximum absolute atomic E-state index is 6.38. The van der Waals surface area contributed by atoms with E-state index in [4.69, 9.17) is 16.3 Å². The topological polar surface area (TPSA) is 39.1 Å². The van der Waals surface area contributed by atoms with E-state index in [1.54, 1.807) is 13.3 Å². The smallest absolute Gasteiger partial charge is 0.0837 e. The molecular formula is C16H22ClN3O. The van der Waals surface area contributed by atoms with Crippen molar-refractivity contribution in [2.24, 2.45) is 0 Å². The Morgan fingerprint density at radius 1 is 1.33 bits per heavy atom. The maximum Gasteiger partial charge on any atom is 0.0837 e. The molecule has 0 saturated heterocycles. The van der Waals surface area contributed by atoms with E-state index in [2.05, 4.69) is 29.5 Å². The number of nitrogens with one attached hydrogen (secondary N) is 1. The Balaban J connectivity index is 2.34. The standard InChI is InChI=1S/C16H22ClN3O/c1-3-9-18-15(13-7-5-4-6-8-13)16-14(17)12-19-20(16)10-11-21-2/h4-8,12,15,18H,3,9-11H2,1-2H3. The first kappa shape index (κ1) is 16.0. The lowest BCUT2D eigenvalue weighted by molar-refractivity contribution is 0.182. The Bertz CT molecular complexity index is 542. The largest absolute Gasteiger partial charge is 0.383 e. The van der Waals surface area contributed by atoms with Crippen molar-refractivity contribution in [1.29, 1.82) is 0 Å². The zero-order valence-corrected chi connectivity index (χ0v) is 13.3. The first-order valence-corrected chi connectivity index (χ1v) is 7.64. The second-order valence-corrected chi connectivity index (χ2v) is 5.30. The molecule has 1 heterocycles. The van der Waals surface area contributed by atoms with Gasteiger partial charge in [0.1, 0.15) is 0 Å². The molecule has 0 aliphatic heterocycles. The van der Waals surface area contributed by atoms with Gasteiger partial charge in [-0.15, -0.1) is 0 Å². The summed E-state index contributed by atoms with van der Waals surface area (Å²) in [6.45, 7) is 4.38. The van der Waals surface area contributed by atoms with Gasteiger partial charge in [0, 0.05) is 7.11 Å². The number of hydrogen-bond acceptors (Lipinski definition) is 3. The summed E-state index contributed by atoms with van der Waals surface area (Å²) < 4.78 is 7.08. The van der Waals surface area contributed by atoms with Gasteiger partial charge in [-0.05, 0) is 18.5 Å². The fourth-order valence-corrected chi connectivity index (χ4v) is 2.57. The van der Waals surface area contributed by atoms with Gasteiger partial charge >= 0.3 is 0 Å². The third-order valence-corrected chi connectivity index (χ3v) is 3.64. The van der Waals surface area contributed by atoms with Crippen LogP contribution in [0.3, 0.4) is 0 Å². The van der Waals surface area contributed by atoms with Crippen molar-refractivity contribution >= 4 is 11.6 Å². The lowest BCUT2D eigenvalue weighted by Gasteiger charge is -2.21. The molecule has 1 atom stereocenters. The van der Waals surface area contributed by atoms with Gasteiger partial charge in [-0.25, -0.2) is 0 Å². The van der Waals surface area contributed by atoms with Crippen molar-refractivity contribution in [3.8, 4) is 0 Å². The molecule has 1 unspecified atom stereocenters. The molecular weight excluding hydrogens is 286 g/mol. The number of aromatic nitrogens is 2. The van der Waals surface area contributed by atoms with E-state index in [0.29, 0.717) is 18.2 Å². The molecule has 5 heteroatoms. The highest BCUT2D eigenvalue weighted by atomic mass is 35.5. The Morgan fingerprint density at radius 3 is 2.76 bits per heavy atom. The van der Waals surface area contributed by atoms with E-state index < -0.39 is 0 Å². The number of rotatable bonds is 8. The average Bonchev–Trinajstić information content (AvgIpc) is 2.88. The summed E-state index contributed by atoms with van der Waals surface area (Å²) in [5, 5.41) is 8.62. The number of ether oxygens (including phenoxy) is 1. The zero-order chi connectivity index (χ0) is 15.1. The molecule has 0 fully saturated rings. The molecule has 1 N–H and O–H groups in total. The summed E-state index contributed by atoms with van der Waals surface area (Å²) in [4.78, 5) is 0. The molecule has 0 radical (unpaired) electrons. The lowest BCUT2D eigenvalue weighted by Crippen LogP contribution is -2.26. The van der Waals surface area contributed by atoms with Gasteiger partial charge in [0.05, 0.1) is 36.1 Å². The van der Waals surface area contributed by atoms with E-state index in [-0.39, 0.29) is 6.04 Å². The summed E-state index contributed by atoms with van der Waals surface area (Å²) >= 11 is 6.38. The van der Waals surface area contributed by atoms with Crippen LogP contribution < -0.4 is 5.32 Å². The van der Waals surface area contributed by atoms with E-state index in [9.17, 15) is 0 Å². The van der Waals surface area contributed by atoms with Crippen LogP contribution in [0.2, 0.25) is 5.02 Å². The van der Waals surface area contributed by atoms with Crippen LogP contribution in [0.1, 0.15) is 30.6 Å². The van der Waals surface area contributed by atoms with E-state index in [1.807, 2.05) is 22.9 Å². The van der Waals surface area contributed by atoms with Crippen molar-refractivity contribution in [3.63, 3.8) is 0 Å². The predicted octanol–water partition coefficient (Wildman–Crippen LogP) is 3.27. The van der Waals surface area contributed by atoms with Crippen LogP contribution in [0.25, 0.3) is 0 Å². The van der Waals surface area contributed by atoms with Crippen LogP contribution in [0.5, 0.6) is 0 Å². The van der Waals surface area contributed by atoms with Gasteiger partial charge < -0.3 is 10.1 Å². The molecule has 0 amide bonds. The van der Waals surface area contributed by atoms with E-state index >= 15 is 0 Å². The molecule has 0 bridgehead atoms. The van der Waals surface area contributed by atoms with E-state index in [0.717, 1.165) is 18.7 Å². The SMILES string of the molecule is CCCNC(c1ccccc1)c1c(Cl)cnn1CCOC. The molecule has 0 saturated carbocycles. The quantitative estimate of drug-likeness (QED) is 0.813. The summed E-state index contributed by atoms with van der Waals surface area (Å²) in [6.07, 6.45) is 2.77. The van der Waals surface area contributed by atoms with Crippen LogP contribution >= 0.6 is 11.6 Å². The third-order valence-electron chi connectivity index (χ3n) is 3.35. The van der Waals surface area contributed by atoms with Crippen LogP contribution in [0, 0.1) is 0 Å². The monoisotopic (exact) mass is 307 g/mol. The second kappa shape index (κ2) is 8.17. The van der Waals surface area contributed by atoms with Crippen LogP contribution in [0.15, 0.2) is 36.5 Å². The molecule has 0 spiro atoms. The van der Waals surface area contributed by atoms with Crippen molar-refractivity contribution in [3.05, 3.63) is 52.8 Å². The number of nitrogens with zero attached hydrogens (tertiary/aromatic N) is 2. The normalized spacial score (nSPS) is 12.5. The van der Waals surface area contributed by atoms with Crippen molar-refractivity contribution in [2.45, 2.75) is 25.9 Å². The highest BCUT2D eigenvalue weighted by Crippen LogP contribution is 2.28. The minimum atomic E-state index is 0.0398. The van der Waals surface area contributed by atoms with Gasteiger partial charge in [-0.2, -0.15) is 5.10 Å². The molecule has 114 valence electrons. The van der Waals surface area contributed by atoms with Crippen molar-refractivity contribution in [1.82, 2.24) is 15.1 Å². The Labute approximate surface area is 131 Å². The second-order valence-electron chi connectivity index (χ2n) is 4.89. The fraction of sp³-hybridized carbons (Fsp3) is 0.438. The van der Waals surface area contributed by atoms with Gasteiger partial charge in [-0.1, -0.05) is 48.9 Å². The number of methoxy groups -OCH3 is 1. The Kier molecular flexibility index (Phi) is 6.23. The molecule has 21 heavy (non-hydrogen) atoms. The first-order chi connectivity index (χ1) is 10.3. The highest BCUT2D eigenvalue weighted by molar-refractivity contribution is 6.31. The number of halogens is 1. The lowest BCUT2D eigenvalue weighted by atomic mass is 10.0. The first-order valence-electron chi connectivity index (χ1n) is 7.26. The third kappa shape index (κ3) is 4.06. The molecule has 2 rings (SSSR count). The van der Waals surface area contributed by atoms with Gasteiger partial charge in [0.15, 0.2) is 0 Å². The molecule has 0 aliphatic carbocycles. The molecule has 1 aromatic heterocycles. The van der Waals surface area contributed by atoms with Crippen molar-refractivity contribution in [2.75, 3.05) is 20.3 Å². The van der Waals surface area contributed by atoms with Crippen molar-refractivity contribution < 1.29 is 4.74 Å². The van der Waals surface area contributed by atoms with Crippen LogP contribution in [-0.2, 0) is 11.3 Å². The van der Waals surface area contributed by atoms with E-state index in [1.165, 1.54) is 5.56 Å². The summed E-state index contributed by atoms with van der Waals surface area (Å²) in [5.41, 5.74) is 2.18. The van der Waals surface area contributed by atoms with Gasteiger partial charge in [0.2, 0.25) is 0 Å². The van der Waals surface area contributed by atoms with Crippen LogP contribution in [0.4, 0.5) is 0 Å². The predicted molar refractivity (Wildman–Crippen MR) is 85.7 cm³/mol. The molecule has 0 aliphatic rings. The molecule has 4 nitrogen and oxygen atoms in total. The molecule has 2 aromatic rings. The van der Waals surface area contributed by atoms with Gasteiger partial charge in [-0.3, -0.25) is 4.68 Å². The average molecular weight is 308 g/mol. The minimum Gasteiger partial charge on any atom is -0.383 e. The fourth-order valence-electron chi connectivity index (χ4n) is 2.32. The minimum absolute atomic E-state index is 0.0398. The summed E-state index contributed by atoms with van der Waals surface area (Å²) in [6, 6.07) is 10.4. The van der Waals surface area contributed by atoms with Crippen LogP contribution in [-0.4, -0.2) is 30.0 Å². The summed E-state index contributed by atoms with van der Waals surface area (Å²) in [5.74, 6) is 0. The molecule has 1 aromatic carbocycles. The number of benzene rings is 1. The van der Waals surface area contributed by atoms with Gasteiger partial charge in [0.25, 0.3) is 0 Å². The Morgan fingerprint density at radius 2 is 2.10 bits per heavy atom. The summed E-state index contributed by atoms with van der Waals surface area (Å²) in [7, 11) is 1.69.